The molecule has 2 rings (SSSR count). The highest BCUT2D eigenvalue weighted by atomic mass is 127. The molecular formula is C13H12INO4. The van der Waals surface area contributed by atoms with Crippen LogP contribution in [0.2, 0.25) is 0 Å². The van der Waals surface area contributed by atoms with Crippen LogP contribution in [0.3, 0.4) is 0 Å². The minimum atomic E-state index is -0.902. The molecule has 100 valence electrons. The highest BCUT2D eigenvalue weighted by Crippen LogP contribution is 2.30. The van der Waals surface area contributed by atoms with E-state index >= 15 is 0 Å². The number of carboxylic acid groups (broad SMARTS) is 1. The van der Waals surface area contributed by atoms with Gasteiger partial charge < -0.3 is 10.0 Å². The van der Waals surface area contributed by atoms with Gasteiger partial charge in [-0.15, -0.1) is 0 Å². The van der Waals surface area contributed by atoms with Crippen molar-refractivity contribution < 1.29 is 19.5 Å². The Bertz CT molecular complexity index is 570. The molecule has 1 atom stereocenters. The molecule has 1 aliphatic heterocycles. The molecule has 19 heavy (non-hydrogen) atoms. The number of fused-ring (bicyclic) bond motifs is 1. The van der Waals surface area contributed by atoms with Gasteiger partial charge in [0.2, 0.25) is 0 Å². The van der Waals surface area contributed by atoms with E-state index in [1.165, 1.54) is 4.90 Å². The number of aliphatic carboxylic acids is 1. The monoisotopic (exact) mass is 373 g/mol. The maximum absolute atomic E-state index is 11.9. The van der Waals surface area contributed by atoms with Gasteiger partial charge in [0.25, 0.3) is 11.7 Å². The van der Waals surface area contributed by atoms with Crippen LogP contribution in [-0.4, -0.2) is 29.3 Å². The summed E-state index contributed by atoms with van der Waals surface area (Å²) >= 11 is 2.08. The molecule has 6 heteroatoms. The van der Waals surface area contributed by atoms with Crippen LogP contribution < -0.4 is 4.90 Å². The molecule has 0 fully saturated rings. The molecule has 1 aromatic rings. The van der Waals surface area contributed by atoms with Gasteiger partial charge in [-0.25, -0.2) is 0 Å². The van der Waals surface area contributed by atoms with Crippen molar-refractivity contribution in [1.29, 1.82) is 0 Å². The highest BCUT2D eigenvalue weighted by molar-refractivity contribution is 14.1. The van der Waals surface area contributed by atoms with Crippen molar-refractivity contribution in [2.45, 2.75) is 13.3 Å². The lowest BCUT2D eigenvalue weighted by Crippen LogP contribution is -2.32. The second kappa shape index (κ2) is 5.28. The van der Waals surface area contributed by atoms with E-state index in [1.807, 2.05) is 6.07 Å². The molecule has 1 aliphatic rings. The highest BCUT2D eigenvalue weighted by Gasteiger charge is 2.35. The first kappa shape index (κ1) is 14.0. The van der Waals surface area contributed by atoms with E-state index in [4.69, 9.17) is 5.11 Å². The van der Waals surface area contributed by atoms with Crippen molar-refractivity contribution in [3.8, 4) is 0 Å². The summed E-state index contributed by atoms with van der Waals surface area (Å²) in [7, 11) is 0. The van der Waals surface area contributed by atoms with Crippen molar-refractivity contribution in [2.24, 2.45) is 5.92 Å². The number of ketones is 1. The third-order valence-corrected chi connectivity index (χ3v) is 3.81. The van der Waals surface area contributed by atoms with Crippen molar-refractivity contribution in [3.05, 3.63) is 27.3 Å². The van der Waals surface area contributed by atoms with E-state index in [9.17, 15) is 14.4 Å². The number of hydrogen-bond donors (Lipinski definition) is 1. The molecule has 1 amide bonds. The predicted molar refractivity (Wildman–Crippen MR) is 77.3 cm³/mol. The normalized spacial score (nSPS) is 15.6. The molecular weight excluding hydrogens is 361 g/mol. The summed E-state index contributed by atoms with van der Waals surface area (Å²) < 4.78 is 0.887. The number of amides is 1. The lowest BCUT2D eigenvalue weighted by molar-refractivity contribution is -0.141. The van der Waals surface area contributed by atoms with Gasteiger partial charge in [-0.3, -0.25) is 14.4 Å². The van der Waals surface area contributed by atoms with E-state index in [2.05, 4.69) is 22.6 Å². The van der Waals surface area contributed by atoms with Gasteiger partial charge in [-0.1, -0.05) is 6.92 Å². The Hall–Kier alpha value is -1.44. The molecule has 0 aliphatic carbocycles. The lowest BCUT2D eigenvalue weighted by Gasteiger charge is -2.17. The molecule has 0 aromatic heterocycles. The van der Waals surface area contributed by atoms with E-state index in [0.717, 1.165) is 3.57 Å². The number of carboxylic acids is 1. The molecule has 0 radical (unpaired) electrons. The van der Waals surface area contributed by atoms with Gasteiger partial charge in [0.15, 0.2) is 0 Å². The average Bonchev–Trinajstić information content (AvgIpc) is 2.60. The number of halogens is 1. The first-order valence-electron chi connectivity index (χ1n) is 5.80. The quantitative estimate of drug-likeness (QED) is 0.647. The third kappa shape index (κ3) is 2.63. The smallest absolute Gasteiger partial charge is 0.306 e. The number of benzene rings is 1. The maximum Gasteiger partial charge on any atom is 0.306 e. The summed E-state index contributed by atoms with van der Waals surface area (Å²) in [6.07, 6.45) is 0.319. The molecule has 1 unspecified atom stereocenters. The summed E-state index contributed by atoms with van der Waals surface area (Å²) in [5.74, 6) is -2.54. The Morgan fingerprint density at radius 2 is 2.11 bits per heavy atom. The van der Waals surface area contributed by atoms with Gasteiger partial charge in [0, 0.05) is 10.1 Å². The summed E-state index contributed by atoms with van der Waals surface area (Å²) in [6.45, 7) is 1.82. The van der Waals surface area contributed by atoms with Crippen LogP contribution in [0.4, 0.5) is 5.69 Å². The number of carbonyl (C=O) groups excluding carboxylic acids is 2. The van der Waals surface area contributed by atoms with Crippen molar-refractivity contribution in [3.63, 3.8) is 0 Å². The number of nitrogens with zero attached hydrogens (tertiary/aromatic N) is 1. The van der Waals surface area contributed by atoms with E-state index in [-0.39, 0.29) is 6.54 Å². The molecule has 1 heterocycles. The Kier molecular flexibility index (Phi) is 3.88. The van der Waals surface area contributed by atoms with Crippen LogP contribution in [0.25, 0.3) is 0 Å². The summed E-state index contributed by atoms with van der Waals surface area (Å²) in [4.78, 5) is 35.8. The van der Waals surface area contributed by atoms with Crippen molar-refractivity contribution in [2.75, 3.05) is 11.4 Å². The van der Waals surface area contributed by atoms with Crippen molar-refractivity contribution in [1.82, 2.24) is 0 Å². The molecule has 0 spiro atoms. The lowest BCUT2D eigenvalue weighted by atomic mass is 10.1. The molecule has 5 nitrogen and oxygen atoms in total. The Labute approximate surface area is 123 Å². The van der Waals surface area contributed by atoms with Gasteiger partial charge >= 0.3 is 5.97 Å². The Morgan fingerprint density at radius 1 is 1.42 bits per heavy atom. The zero-order valence-electron chi connectivity index (χ0n) is 10.2. The fourth-order valence-corrected chi connectivity index (χ4v) is 2.43. The number of rotatable bonds is 4. The fourth-order valence-electron chi connectivity index (χ4n) is 1.94. The second-order valence-electron chi connectivity index (χ2n) is 4.48. The summed E-state index contributed by atoms with van der Waals surface area (Å²) in [5.41, 5.74) is 0.980. The second-order valence-corrected chi connectivity index (χ2v) is 5.72. The predicted octanol–water partition coefficient (Wildman–Crippen LogP) is 1.93. The van der Waals surface area contributed by atoms with Crippen molar-refractivity contribution >= 4 is 45.9 Å². The molecule has 0 saturated heterocycles. The van der Waals surface area contributed by atoms with E-state index in [1.54, 1.807) is 19.1 Å². The topological polar surface area (TPSA) is 74.7 Å². The molecule has 1 aromatic carbocycles. The van der Waals surface area contributed by atoms with E-state index < -0.39 is 23.6 Å². The van der Waals surface area contributed by atoms with Gasteiger partial charge in [-0.2, -0.15) is 0 Å². The summed E-state index contributed by atoms with van der Waals surface area (Å²) in [5, 5.41) is 8.83. The minimum Gasteiger partial charge on any atom is -0.481 e. The standard InChI is InChI=1S/C13H12INO4/c1-7(13(18)19)4-5-15-10-3-2-8(14)6-9(10)11(16)12(15)17/h2-3,6-7H,4-5H2,1H3,(H,18,19). The molecule has 0 saturated carbocycles. The largest absolute Gasteiger partial charge is 0.481 e. The zero-order valence-corrected chi connectivity index (χ0v) is 12.4. The fraction of sp³-hybridized carbons (Fsp3) is 0.308. The first-order valence-corrected chi connectivity index (χ1v) is 6.88. The zero-order chi connectivity index (χ0) is 14.2. The van der Waals surface area contributed by atoms with Gasteiger partial charge in [0.05, 0.1) is 17.2 Å². The van der Waals surface area contributed by atoms with Crippen LogP contribution in [0, 0.1) is 9.49 Å². The SMILES string of the molecule is CC(CCN1C(=O)C(=O)c2cc(I)ccc21)C(=O)O. The number of Topliss-reactive ketones (excluding diaryl/α,β-unsaturated/α-hetero) is 1. The Morgan fingerprint density at radius 3 is 2.74 bits per heavy atom. The minimum absolute atomic E-state index is 0.242. The van der Waals surface area contributed by atoms with Crippen LogP contribution in [-0.2, 0) is 9.59 Å². The first-order chi connectivity index (χ1) is 8.91. The molecule has 1 N–H and O–H groups in total. The van der Waals surface area contributed by atoms with Crippen LogP contribution >= 0.6 is 22.6 Å². The third-order valence-electron chi connectivity index (χ3n) is 3.14. The number of anilines is 1. The molecule has 0 bridgehead atoms. The van der Waals surface area contributed by atoms with E-state index in [0.29, 0.717) is 17.7 Å². The summed E-state index contributed by atoms with van der Waals surface area (Å²) in [6, 6.07) is 5.22. The van der Waals surface area contributed by atoms with Crippen LogP contribution in [0.1, 0.15) is 23.7 Å². The van der Waals surface area contributed by atoms with Crippen LogP contribution in [0.5, 0.6) is 0 Å². The maximum atomic E-state index is 11.9. The number of carbonyl (C=O) groups is 3. The van der Waals surface area contributed by atoms with Crippen LogP contribution in [0.15, 0.2) is 18.2 Å². The Balaban J connectivity index is 2.22. The van der Waals surface area contributed by atoms with Gasteiger partial charge in [0.1, 0.15) is 0 Å². The average molecular weight is 373 g/mol. The van der Waals surface area contributed by atoms with Gasteiger partial charge in [-0.05, 0) is 47.2 Å². The number of hydrogen-bond acceptors (Lipinski definition) is 3.